The van der Waals surface area contributed by atoms with Crippen LogP contribution in [0.1, 0.15) is 30.5 Å². The van der Waals surface area contributed by atoms with E-state index in [-0.39, 0.29) is 36.8 Å². The zero-order valence-corrected chi connectivity index (χ0v) is 16.0. The summed E-state index contributed by atoms with van der Waals surface area (Å²) < 4.78 is 12.9. The number of rotatable bonds is 8. The van der Waals surface area contributed by atoms with E-state index in [1.165, 1.54) is 29.8 Å². The fraction of sp³-hybridized carbons (Fsp3) is 0.333. The van der Waals surface area contributed by atoms with Crippen molar-refractivity contribution in [3.8, 4) is 0 Å². The molecule has 0 aliphatic heterocycles. The quantitative estimate of drug-likeness (QED) is 0.749. The van der Waals surface area contributed by atoms with Gasteiger partial charge in [0.2, 0.25) is 11.8 Å². The maximum atomic E-state index is 12.9. The minimum absolute atomic E-state index is 0.0560. The zero-order chi connectivity index (χ0) is 19.8. The SMILES string of the molecule is CC[C@@H](NC(=O)CN(C)CC(=O)Nc1ccc(F)cc1)c1ccc(C)cc1. The summed E-state index contributed by atoms with van der Waals surface area (Å²) in [6.45, 7) is 4.21. The second-order valence-electron chi connectivity index (χ2n) is 6.67. The number of carbonyl (C=O) groups excluding carboxylic acids is 2. The van der Waals surface area contributed by atoms with E-state index in [2.05, 4.69) is 10.6 Å². The predicted octanol–water partition coefficient (Wildman–Crippen LogP) is 3.27. The molecular weight excluding hydrogens is 345 g/mol. The number of aryl methyl sites for hydroxylation is 1. The zero-order valence-electron chi connectivity index (χ0n) is 16.0. The largest absolute Gasteiger partial charge is 0.348 e. The highest BCUT2D eigenvalue weighted by atomic mass is 19.1. The van der Waals surface area contributed by atoms with Gasteiger partial charge in [-0.25, -0.2) is 4.39 Å². The Morgan fingerprint density at radius 2 is 1.59 bits per heavy atom. The van der Waals surface area contributed by atoms with Crippen LogP contribution in [0.3, 0.4) is 0 Å². The topological polar surface area (TPSA) is 61.4 Å². The molecule has 27 heavy (non-hydrogen) atoms. The highest BCUT2D eigenvalue weighted by molar-refractivity contribution is 5.92. The normalized spacial score (nSPS) is 11.9. The van der Waals surface area contributed by atoms with Crippen LogP contribution in [0.15, 0.2) is 48.5 Å². The third-order valence-corrected chi connectivity index (χ3v) is 4.18. The molecule has 0 bridgehead atoms. The number of hydrogen-bond donors (Lipinski definition) is 2. The third-order valence-electron chi connectivity index (χ3n) is 4.18. The first-order valence-corrected chi connectivity index (χ1v) is 8.97. The van der Waals surface area contributed by atoms with E-state index in [9.17, 15) is 14.0 Å². The first-order chi connectivity index (χ1) is 12.9. The second-order valence-corrected chi connectivity index (χ2v) is 6.67. The second kappa shape index (κ2) is 9.83. The van der Waals surface area contributed by atoms with Gasteiger partial charge in [-0.1, -0.05) is 36.8 Å². The number of halogens is 1. The molecule has 2 N–H and O–H groups in total. The van der Waals surface area contributed by atoms with Crippen LogP contribution in [-0.4, -0.2) is 36.9 Å². The van der Waals surface area contributed by atoms with Gasteiger partial charge in [-0.2, -0.15) is 0 Å². The summed E-state index contributed by atoms with van der Waals surface area (Å²) >= 11 is 0. The molecule has 6 heteroatoms. The molecule has 0 unspecified atom stereocenters. The van der Waals surface area contributed by atoms with E-state index in [1.54, 1.807) is 11.9 Å². The molecule has 0 spiro atoms. The lowest BCUT2D eigenvalue weighted by Gasteiger charge is -2.21. The van der Waals surface area contributed by atoms with Crippen molar-refractivity contribution >= 4 is 17.5 Å². The molecular formula is C21H26FN3O2. The van der Waals surface area contributed by atoms with E-state index in [0.29, 0.717) is 5.69 Å². The first-order valence-electron chi connectivity index (χ1n) is 8.97. The number of hydrogen-bond acceptors (Lipinski definition) is 3. The maximum absolute atomic E-state index is 12.9. The number of anilines is 1. The molecule has 0 saturated heterocycles. The van der Waals surface area contributed by atoms with Gasteiger partial charge < -0.3 is 10.6 Å². The van der Waals surface area contributed by atoms with Crippen molar-refractivity contribution in [3.05, 3.63) is 65.5 Å². The number of nitrogens with one attached hydrogen (secondary N) is 2. The average Bonchev–Trinajstić information content (AvgIpc) is 2.62. The van der Waals surface area contributed by atoms with Gasteiger partial charge in [-0.15, -0.1) is 0 Å². The molecule has 144 valence electrons. The van der Waals surface area contributed by atoms with E-state index in [1.807, 2.05) is 38.1 Å². The molecule has 0 aliphatic carbocycles. The highest BCUT2D eigenvalue weighted by Crippen LogP contribution is 2.17. The van der Waals surface area contributed by atoms with Crippen LogP contribution < -0.4 is 10.6 Å². The van der Waals surface area contributed by atoms with Crippen molar-refractivity contribution in [2.75, 3.05) is 25.5 Å². The smallest absolute Gasteiger partial charge is 0.238 e. The van der Waals surface area contributed by atoms with Gasteiger partial charge in [0.1, 0.15) is 5.82 Å². The molecule has 2 rings (SSSR count). The lowest BCUT2D eigenvalue weighted by molar-refractivity contribution is -0.123. The summed E-state index contributed by atoms with van der Waals surface area (Å²) in [4.78, 5) is 26.0. The van der Waals surface area contributed by atoms with Crippen molar-refractivity contribution in [3.63, 3.8) is 0 Å². The first kappa shape index (κ1) is 20.6. The minimum Gasteiger partial charge on any atom is -0.348 e. The molecule has 2 amide bonds. The van der Waals surface area contributed by atoms with Gasteiger partial charge in [0, 0.05) is 5.69 Å². The Morgan fingerprint density at radius 1 is 1.00 bits per heavy atom. The van der Waals surface area contributed by atoms with Crippen LogP contribution in [0, 0.1) is 12.7 Å². The number of amides is 2. The molecule has 2 aromatic rings. The minimum atomic E-state index is -0.360. The number of likely N-dealkylation sites (N-methyl/N-ethyl adjacent to an activating group) is 1. The fourth-order valence-electron chi connectivity index (χ4n) is 2.74. The van der Waals surface area contributed by atoms with Crippen molar-refractivity contribution in [2.24, 2.45) is 0 Å². The Bertz CT molecular complexity index is 760. The lowest BCUT2D eigenvalue weighted by atomic mass is 10.0. The number of nitrogens with zero attached hydrogens (tertiary/aromatic N) is 1. The van der Waals surface area contributed by atoms with Gasteiger partial charge >= 0.3 is 0 Å². The Morgan fingerprint density at radius 3 is 2.19 bits per heavy atom. The van der Waals surface area contributed by atoms with Crippen LogP contribution in [0.5, 0.6) is 0 Å². The summed E-state index contributed by atoms with van der Waals surface area (Å²) in [5.74, 6) is -0.761. The molecule has 0 aromatic heterocycles. The van der Waals surface area contributed by atoms with Gasteiger partial charge in [0.25, 0.3) is 0 Å². The predicted molar refractivity (Wildman–Crippen MR) is 105 cm³/mol. The van der Waals surface area contributed by atoms with Crippen LogP contribution >= 0.6 is 0 Å². The number of benzene rings is 2. The summed E-state index contributed by atoms with van der Waals surface area (Å²) in [6, 6.07) is 13.6. The maximum Gasteiger partial charge on any atom is 0.238 e. The van der Waals surface area contributed by atoms with Crippen LogP contribution in [-0.2, 0) is 9.59 Å². The average molecular weight is 371 g/mol. The Hall–Kier alpha value is -2.73. The molecule has 0 saturated carbocycles. The van der Waals surface area contributed by atoms with E-state index < -0.39 is 0 Å². The summed E-state index contributed by atoms with van der Waals surface area (Å²) in [6.07, 6.45) is 0.781. The molecule has 0 fully saturated rings. The van der Waals surface area contributed by atoms with Crippen LogP contribution in [0.25, 0.3) is 0 Å². The Balaban J connectivity index is 1.82. The Kier molecular flexibility index (Phi) is 7.49. The van der Waals surface area contributed by atoms with E-state index in [0.717, 1.165) is 12.0 Å². The standard InChI is InChI=1S/C21H26FN3O2/c1-4-19(16-7-5-15(2)6-8-16)24-21(27)14-25(3)13-20(26)23-18-11-9-17(22)10-12-18/h5-12,19H,4,13-14H2,1-3H3,(H,23,26)(H,24,27)/t19-/m1/s1. The van der Waals surface area contributed by atoms with Crippen molar-refractivity contribution < 1.29 is 14.0 Å². The molecule has 2 aromatic carbocycles. The monoisotopic (exact) mass is 371 g/mol. The molecule has 1 atom stereocenters. The van der Waals surface area contributed by atoms with Crippen molar-refractivity contribution in [1.29, 1.82) is 0 Å². The summed E-state index contributed by atoms with van der Waals surface area (Å²) in [5.41, 5.74) is 2.75. The van der Waals surface area contributed by atoms with Gasteiger partial charge in [-0.3, -0.25) is 14.5 Å². The molecule has 0 aliphatic rings. The van der Waals surface area contributed by atoms with Crippen molar-refractivity contribution in [1.82, 2.24) is 10.2 Å². The van der Waals surface area contributed by atoms with Gasteiger partial charge in [0.05, 0.1) is 19.1 Å². The van der Waals surface area contributed by atoms with Gasteiger partial charge in [-0.05, 0) is 50.2 Å². The summed E-state index contributed by atoms with van der Waals surface area (Å²) in [5, 5.41) is 5.69. The lowest BCUT2D eigenvalue weighted by Crippen LogP contribution is -2.40. The molecule has 0 heterocycles. The highest BCUT2D eigenvalue weighted by Gasteiger charge is 2.15. The Labute approximate surface area is 159 Å². The third kappa shape index (κ3) is 6.83. The molecule has 0 radical (unpaired) electrons. The fourth-order valence-corrected chi connectivity index (χ4v) is 2.74. The van der Waals surface area contributed by atoms with E-state index >= 15 is 0 Å². The van der Waals surface area contributed by atoms with Crippen LogP contribution in [0.2, 0.25) is 0 Å². The van der Waals surface area contributed by atoms with Crippen molar-refractivity contribution in [2.45, 2.75) is 26.3 Å². The summed E-state index contributed by atoms with van der Waals surface area (Å²) in [7, 11) is 1.71. The van der Waals surface area contributed by atoms with Crippen LogP contribution in [0.4, 0.5) is 10.1 Å². The molecule has 5 nitrogen and oxygen atoms in total. The number of carbonyl (C=O) groups is 2. The van der Waals surface area contributed by atoms with Gasteiger partial charge in [0.15, 0.2) is 0 Å². The van der Waals surface area contributed by atoms with E-state index in [4.69, 9.17) is 0 Å².